The third kappa shape index (κ3) is 1.35. The van der Waals surface area contributed by atoms with Crippen LogP contribution in [0.1, 0.15) is 0 Å². The highest BCUT2D eigenvalue weighted by Crippen LogP contribution is 2.25. The molecule has 0 saturated heterocycles. The van der Waals surface area contributed by atoms with E-state index in [2.05, 4.69) is 22.0 Å². The van der Waals surface area contributed by atoms with Crippen LogP contribution in [-0.4, -0.2) is 0 Å². The Kier molecular flexibility index (Phi) is 2.07. The van der Waals surface area contributed by atoms with E-state index in [9.17, 15) is 0 Å². The SMILES string of the molecule is Clc1cccc2cc(Br)ccc12. The largest absolute Gasteiger partial charge is 0.0837 e. The van der Waals surface area contributed by atoms with Crippen molar-refractivity contribution < 1.29 is 0 Å². The van der Waals surface area contributed by atoms with Crippen molar-refractivity contribution in [2.45, 2.75) is 0 Å². The predicted octanol–water partition coefficient (Wildman–Crippen LogP) is 4.26. The Morgan fingerprint density at radius 1 is 1.08 bits per heavy atom. The third-order valence-electron chi connectivity index (χ3n) is 1.79. The van der Waals surface area contributed by atoms with Crippen LogP contribution in [0.4, 0.5) is 0 Å². The summed E-state index contributed by atoms with van der Waals surface area (Å²) in [4.78, 5) is 0. The summed E-state index contributed by atoms with van der Waals surface area (Å²) in [5, 5.41) is 3.07. The molecule has 2 aromatic carbocycles. The van der Waals surface area contributed by atoms with Gasteiger partial charge < -0.3 is 0 Å². The first-order chi connectivity index (χ1) is 5.77. The lowest BCUT2D eigenvalue weighted by Gasteiger charge is -1.99. The maximum Gasteiger partial charge on any atom is 0.0484 e. The van der Waals surface area contributed by atoms with Gasteiger partial charge >= 0.3 is 0 Å². The van der Waals surface area contributed by atoms with Gasteiger partial charge in [0.15, 0.2) is 0 Å². The number of rotatable bonds is 0. The summed E-state index contributed by atoms with van der Waals surface area (Å²) in [6.45, 7) is 0. The molecule has 2 rings (SSSR count). The van der Waals surface area contributed by atoms with Crippen LogP contribution in [0.5, 0.6) is 0 Å². The van der Waals surface area contributed by atoms with Crippen LogP contribution >= 0.6 is 27.5 Å². The molecule has 12 heavy (non-hydrogen) atoms. The standard InChI is InChI=1S/C10H6BrCl/c11-8-4-5-9-7(6-8)2-1-3-10(9)12/h1-6H. The molecule has 0 aliphatic rings. The highest BCUT2D eigenvalue weighted by atomic mass is 79.9. The Hall–Kier alpha value is -0.530. The average molecular weight is 242 g/mol. The molecule has 0 heterocycles. The maximum atomic E-state index is 5.99. The van der Waals surface area contributed by atoms with Crippen molar-refractivity contribution in [2.75, 3.05) is 0 Å². The van der Waals surface area contributed by atoms with Gasteiger partial charge in [-0.05, 0) is 23.6 Å². The molecule has 0 spiro atoms. The molecule has 60 valence electrons. The van der Waals surface area contributed by atoms with Gasteiger partial charge in [0.2, 0.25) is 0 Å². The fraction of sp³-hybridized carbons (Fsp3) is 0. The predicted molar refractivity (Wildman–Crippen MR) is 56.7 cm³/mol. The fourth-order valence-electron chi connectivity index (χ4n) is 1.22. The van der Waals surface area contributed by atoms with Crippen molar-refractivity contribution in [3.05, 3.63) is 45.9 Å². The van der Waals surface area contributed by atoms with Crippen LogP contribution in [-0.2, 0) is 0 Å². The summed E-state index contributed by atoms with van der Waals surface area (Å²) >= 11 is 9.41. The minimum atomic E-state index is 0.806. The van der Waals surface area contributed by atoms with Gasteiger partial charge in [0.05, 0.1) is 0 Å². The molecule has 0 N–H and O–H groups in total. The number of hydrogen-bond acceptors (Lipinski definition) is 0. The maximum absolute atomic E-state index is 5.99. The van der Waals surface area contributed by atoms with Gasteiger partial charge in [-0.1, -0.05) is 45.7 Å². The molecular formula is C10H6BrCl. The zero-order chi connectivity index (χ0) is 8.55. The molecule has 0 unspecified atom stereocenters. The average Bonchev–Trinajstić information content (AvgIpc) is 2.04. The van der Waals surface area contributed by atoms with Crippen LogP contribution < -0.4 is 0 Å². The topological polar surface area (TPSA) is 0 Å². The van der Waals surface area contributed by atoms with Gasteiger partial charge in [-0.15, -0.1) is 0 Å². The van der Waals surface area contributed by atoms with Crippen LogP contribution in [0.2, 0.25) is 5.02 Å². The van der Waals surface area contributed by atoms with Gasteiger partial charge in [-0.2, -0.15) is 0 Å². The lowest BCUT2D eigenvalue weighted by molar-refractivity contribution is 1.70. The summed E-state index contributed by atoms with van der Waals surface area (Å²) in [6, 6.07) is 12.0. The second kappa shape index (κ2) is 3.08. The summed E-state index contributed by atoms with van der Waals surface area (Å²) in [6.07, 6.45) is 0. The molecule has 0 radical (unpaired) electrons. The first-order valence-corrected chi connectivity index (χ1v) is 4.78. The number of halogens is 2. The highest BCUT2D eigenvalue weighted by molar-refractivity contribution is 9.10. The fourth-order valence-corrected chi connectivity index (χ4v) is 1.84. The quantitative estimate of drug-likeness (QED) is 0.647. The van der Waals surface area contributed by atoms with E-state index in [1.165, 1.54) is 0 Å². The minimum absolute atomic E-state index is 0.806. The van der Waals surface area contributed by atoms with Crippen molar-refractivity contribution >= 4 is 38.3 Å². The molecule has 0 fully saturated rings. The molecule has 0 saturated carbocycles. The second-order valence-electron chi connectivity index (χ2n) is 2.61. The van der Waals surface area contributed by atoms with Crippen molar-refractivity contribution in [1.29, 1.82) is 0 Å². The Bertz CT molecular complexity index is 423. The molecular weight excluding hydrogens is 235 g/mol. The van der Waals surface area contributed by atoms with Crippen molar-refractivity contribution in [3.63, 3.8) is 0 Å². The van der Waals surface area contributed by atoms with E-state index in [0.717, 1.165) is 20.3 Å². The molecule has 0 bridgehead atoms. The molecule has 2 aromatic rings. The first kappa shape index (κ1) is 8.09. The monoisotopic (exact) mass is 240 g/mol. The van der Waals surface area contributed by atoms with Crippen LogP contribution in [0, 0.1) is 0 Å². The lowest BCUT2D eigenvalue weighted by Crippen LogP contribution is -1.73. The van der Waals surface area contributed by atoms with Crippen LogP contribution in [0.3, 0.4) is 0 Å². The van der Waals surface area contributed by atoms with E-state index in [1.54, 1.807) is 0 Å². The zero-order valence-corrected chi connectivity index (χ0v) is 8.56. The van der Waals surface area contributed by atoms with E-state index < -0.39 is 0 Å². The van der Waals surface area contributed by atoms with E-state index >= 15 is 0 Å². The number of benzene rings is 2. The molecule has 0 aromatic heterocycles. The molecule has 0 aliphatic heterocycles. The van der Waals surface area contributed by atoms with E-state index in [4.69, 9.17) is 11.6 Å². The van der Waals surface area contributed by atoms with Gasteiger partial charge in [0.1, 0.15) is 0 Å². The van der Waals surface area contributed by atoms with E-state index in [1.807, 2.05) is 30.3 Å². The van der Waals surface area contributed by atoms with Gasteiger partial charge in [-0.3, -0.25) is 0 Å². The van der Waals surface area contributed by atoms with Gasteiger partial charge in [-0.25, -0.2) is 0 Å². The highest BCUT2D eigenvalue weighted by Gasteiger charge is 1.97. The normalized spacial score (nSPS) is 10.5. The van der Waals surface area contributed by atoms with E-state index in [0.29, 0.717) is 0 Å². The van der Waals surface area contributed by atoms with Crippen LogP contribution in [0.15, 0.2) is 40.9 Å². The second-order valence-corrected chi connectivity index (χ2v) is 3.93. The molecule has 0 aliphatic carbocycles. The lowest BCUT2D eigenvalue weighted by atomic mass is 10.1. The Balaban J connectivity index is 2.86. The summed E-state index contributed by atoms with van der Waals surface area (Å²) in [7, 11) is 0. The van der Waals surface area contributed by atoms with Gasteiger partial charge in [0.25, 0.3) is 0 Å². The first-order valence-electron chi connectivity index (χ1n) is 3.61. The third-order valence-corrected chi connectivity index (χ3v) is 2.61. The molecule has 0 nitrogen and oxygen atoms in total. The summed E-state index contributed by atoms with van der Waals surface area (Å²) in [5.41, 5.74) is 0. The van der Waals surface area contributed by atoms with Crippen molar-refractivity contribution in [2.24, 2.45) is 0 Å². The number of fused-ring (bicyclic) bond motifs is 1. The molecule has 0 atom stereocenters. The summed E-state index contributed by atoms with van der Waals surface area (Å²) in [5.74, 6) is 0. The summed E-state index contributed by atoms with van der Waals surface area (Å²) < 4.78 is 1.08. The van der Waals surface area contributed by atoms with Gasteiger partial charge in [0, 0.05) is 14.9 Å². The molecule has 2 heteroatoms. The zero-order valence-electron chi connectivity index (χ0n) is 6.22. The Morgan fingerprint density at radius 2 is 1.92 bits per heavy atom. The smallest absolute Gasteiger partial charge is 0.0484 e. The minimum Gasteiger partial charge on any atom is -0.0837 e. The Morgan fingerprint density at radius 3 is 2.75 bits per heavy atom. The van der Waals surface area contributed by atoms with Crippen molar-refractivity contribution in [3.8, 4) is 0 Å². The molecule has 0 amide bonds. The van der Waals surface area contributed by atoms with Crippen LogP contribution in [0.25, 0.3) is 10.8 Å². The van der Waals surface area contributed by atoms with E-state index in [-0.39, 0.29) is 0 Å². The Labute approximate surface area is 84.3 Å². The van der Waals surface area contributed by atoms with Crippen molar-refractivity contribution in [1.82, 2.24) is 0 Å². The number of hydrogen-bond donors (Lipinski definition) is 0.